The zero-order valence-electron chi connectivity index (χ0n) is 12.5. The van der Waals surface area contributed by atoms with Gasteiger partial charge in [0.2, 0.25) is 0 Å². The summed E-state index contributed by atoms with van der Waals surface area (Å²) in [4.78, 5) is 11.5. The summed E-state index contributed by atoms with van der Waals surface area (Å²) in [6, 6.07) is 15.8. The number of rotatable bonds is 2. The van der Waals surface area contributed by atoms with Crippen LogP contribution in [0.3, 0.4) is 0 Å². The van der Waals surface area contributed by atoms with Crippen LogP contribution in [0.5, 0.6) is 5.75 Å². The van der Waals surface area contributed by atoms with Gasteiger partial charge in [0, 0.05) is 22.9 Å². The minimum absolute atomic E-state index is 0.0214. The Bertz CT molecular complexity index is 684. The van der Waals surface area contributed by atoms with Crippen LogP contribution in [-0.4, -0.2) is 5.97 Å². The molecule has 2 aromatic rings. The summed E-state index contributed by atoms with van der Waals surface area (Å²) in [6.45, 7) is 3.49. The van der Waals surface area contributed by atoms with Crippen molar-refractivity contribution in [3.05, 3.63) is 64.1 Å². The van der Waals surface area contributed by atoms with E-state index in [2.05, 4.69) is 22.9 Å². The molecule has 3 rings (SSSR count). The lowest BCUT2D eigenvalue weighted by Gasteiger charge is -2.37. The monoisotopic (exact) mass is 360 g/mol. The summed E-state index contributed by atoms with van der Waals surface area (Å²) in [5.41, 5.74) is 1.99. The van der Waals surface area contributed by atoms with Crippen LogP contribution in [0.4, 0.5) is 0 Å². The minimum atomic E-state index is -0.316. The Morgan fingerprint density at radius 1 is 1.18 bits per heavy atom. The third-order valence-electron chi connectivity index (χ3n) is 3.91. The average molecular weight is 361 g/mol. The van der Waals surface area contributed by atoms with Gasteiger partial charge in [-0.05, 0) is 23.8 Å². The maximum absolute atomic E-state index is 11.5. The van der Waals surface area contributed by atoms with Crippen LogP contribution < -0.4 is 4.74 Å². The molecule has 0 fully saturated rings. The van der Waals surface area contributed by atoms with Crippen LogP contribution in [0.2, 0.25) is 0 Å². The molecule has 3 atom stereocenters. The molecule has 2 aromatic carbocycles. The number of fused-ring (bicyclic) bond motifs is 1. The maximum atomic E-state index is 11.5. The summed E-state index contributed by atoms with van der Waals surface area (Å²) < 4.78 is 12.7. The second kappa shape index (κ2) is 6.13. The first-order chi connectivity index (χ1) is 10.6. The summed E-state index contributed by atoms with van der Waals surface area (Å²) in [5.74, 6) is 0.506. The molecule has 22 heavy (non-hydrogen) atoms. The van der Waals surface area contributed by atoms with Crippen molar-refractivity contribution in [1.29, 1.82) is 0 Å². The Hall–Kier alpha value is -1.81. The zero-order valence-corrected chi connectivity index (χ0v) is 14.0. The van der Waals surface area contributed by atoms with Crippen LogP contribution in [-0.2, 0) is 9.53 Å². The predicted octanol–water partition coefficient (Wildman–Crippen LogP) is 4.82. The molecule has 4 heteroatoms. The van der Waals surface area contributed by atoms with Crippen molar-refractivity contribution in [2.75, 3.05) is 0 Å². The van der Waals surface area contributed by atoms with E-state index in [1.165, 1.54) is 6.92 Å². The van der Waals surface area contributed by atoms with Crippen molar-refractivity contribution in [2.45, 2.75) is 26.1 Å². The van der Waals surface area contributed by atoms with Gasteiger partial charge in [-0.1, -0.05) is 53.2 Å². The van der Waals surface area contributed by atoms with Crippen LogP contribution in [0, 0.1) is 5.92 Å². The van der Waals surface area contributed by atoms with Crippen molar-refractivity contribution in [3.63, 3.8) is 0 Å². The fourth-order valence-corrected chi connectivity index (χ4v) is 3.28. The van der Waals surface area contributed by atoms with E-state index >= 15 is 0 Å². The van der Waals surface area contributed by atoms with Gasteiger partial charge in [0.25, 0.3) is 0 Å². The number of benzene rings is 2. The van der Waals surface area contributed by atoms with E-state index in [0.29, 0.717) is 0 Å². The number of halogens is 1. The summed E-state index contributed by atoms with van der Waals surface area (Å²) in [7, 11) is 0. The largest absolute Gasteiger partial charge is 0.485 e. The van der Waals surface area contributed by atoms with Crippen LogP contribution in [0.15, 0.2) is 53.0 Å². The van der Waals surface area contributed by atoms with Gasteiger partial charge in [0.15, 0.2) is 0 Å². The van der Waals surface area contributed by atoms with Gasteiger partial charge in [-0.25, -0.2) is 0 Å². The SMILES string of the molecule is CC(=O)O[C@H]1c2cc(Br)ccc2O[C@H](c2ccccc2)[C@H]1C. The number of ether oxygens (including phenoxy) is 2. The number of carbonyl (C=O) groups is 1. The molecule has 0 saturated heterocycles. The van der Waals surface area contributed by atoms with Gasteiger partial charge in [-0.3, -0.25) is 4.79 Å². The number of esters is 1. The molecule has 1 heterocycles. The highest BCUT2D eigenvalue weighted by molar-refractivity contribution is 9.10. The average Bonchev–Trinajstić information content (AvgIpc) is 2.51. The van der Waals surface area contributed by atoms with Crippen molar-refractivity contribution < 1.29 is 14.3 Å². The molecule has 0 bridgehead atoms. The lowest BCUT2D eigenvalue weighted by molar-refractivity contribution is -0.153. The van der Waals surface area contributed by atoms with E-state index in [0.717, 1.165) is 21.3 Å². The third-order valence-corrected chi connectivity index (χ3v) is 4.40. The summed E-state index contributed by atoms with van der Waals surface area (Å²) >= 11 is 3.47. The Labute approximate surface area is 138 Å². The van der Waals surface area contributed by atoms with Crippen molar-refractivity contribution >= 4 is 21.9 Å². The Kier molecular flexibility index (Phi) is 4.21. The second-order valence-electron chi connectivity index (χ2n) is 5.52. The molecule has 0 N–H and O–H groups in total. The molecule has 0 aliphatic carbocycles. The third kappa shape index (κ3) is 2.88. The highest BCUT2D eigenvalue weighted by Gasteiger charge is 2.38. The molecule has 3 nitrogen and oxygen atoms in total. The Balaban J connectivity index is 2.04. The van der Waals surface area contributed by atoms with E-state index < -0.39 is 0 Å². The Morgan fingerprint density at radius 2 is 1.91 bits per heavy atom. The number of hydrogen-bond acceptors (Lipinski definition) is 3. The molecule has 0 aromatic heterocycles. The quantitative estimate of drug-likeness (QED) is 0.720. The van der Waals surface area contributed by atoms with Gasteiger partial charge >= 0.3 is 5.97 Å². The van der Waals surface area contributed by atoms with Gasteiger partial charge in [0.1, 0.15) is 18.0 Å². The molecule has 0 amide bonds. The first-order valence-corrected chi connectivity index (χ1v) is 8.04. The van der Waals surface area contributed by atoms with Crippen LogP contribution >= 0.6 is 15.9 Å². The molecular formula is C18H17BrO3. The lowest BCUT2D eigenvalue weighted by Crippen LogP contribution is -2.30. The van der Waals surface area contributed by atoms with Gasteiger partial charge in [-0.2, -0.15) is 0 Å². The molecular weight excluding hydrogens is 344 g/mol. The first kappa shape index (κ1) is 15.1. The molecule has 0 spiro atoms. The van der Waals surface area contributed by atoms with E-state index in [-0.39, 0.29) is 24.1 Å². The maximum Gasteiger partial charge on any atom is 0.303 e. The van der Waals surface area contributed by atoms with Crippen molar-refractivity contribution in [2.24, 2.45) is 5.92 Å². The normalized spacial score (nSPS) is 23.3. The molecule has 1 aliphatic rings. The summed E-state index contributed by atoms with van der Waals surface area (Å²) in [6.07, 6.45) is -0.455. The first-order valence-electron chi connectivity index (χ1n) is 7.24. The predicted molar refractivity (Wildman–Crippen MR) is 87.6 cm³/mol. The molecule has 0 saturated carbocycles. The van der Waals surface area contributed by atoms with E-state index in [4.69, 9.17) is 9.47 Å². The van der Waals surface area contributed by atoms with Gasteiger partial charge < -0.3 is 9.47 Å². The van der Waals surface area contributed by atoms with E-state index in [9.17, 15) is 4.79 Å². The lowest BCUT2D eigenvalue weighted by atomic mass is 9.85. The minimum Gasteiger partial charge on any atom is -0.485 e. The molecule has 1 aliphatic heterocycles. The standard InChI is InChI=1S/C18H17BrO3/c1-11-17(13-6-4-3-5-7-13)22-16-9-8-14(19)10-15(16)18(11)21-12(2)20/h3-11,17-18H,1-2H3/t11-,17+,18-/m1/s1. The van der Waals surface area contributed by atoms with Crippen LogP contribution in [0.25, 0.3) is 0 Å². The second-order valence-corrected chi connectivity index (χ2v) is 6.44. The number of hydrogen-bond donors (Lipinski definition) is 0. The van der Waals surface area contributed by atoms with Gasteiger partial charge in [0.05, 0.1) is 0 Å². The molecule has 0 unspecified atom stereocenters. The highest BCUT2D eigenvalue weighted by atomic mass is 79.9. The fraction of sp³-hybridized carbons (Fsp3) is 0.278. The smallest absolute Gasteiger partial charge is 0.303 e. The van der Waals surface area contributed by atoms with Crippen molar-refractivity contribution in [3.8, 4) is 5.75 Å². The fourth-order valence-electron chi connectivity index (χ4n) is 2.90. The van der Waals surface area contributed by atoms with Crippen LogP contribution in [0.1, 0.15) is 37.2 Å². The molecule has 0 radical (unpaired) electrons. The topological polar surface area (TPSA) is 35.5 Å². The molecule has 114 valence electrons. The van der Waals surface area contributed by atoms with E-state index in [1.807, 2.05) is 48.5 Å². The zero-order chi connectivity index (χ0) is 15.7. The Morgan fingerprint density at radius 3 is 2.59 bits per heavy atom. The van der Waals surface area contributed by atoms with E-state index in [1.54, 1.807) is 0 Å². The van der Waals surface area contributed by atoms with Gasteiger partial charge in [-0.15, -0.1) is 0 Å². The summed E-state index contributed by atoms with van der Waals surface area (Å²) in [5, 5.41) is 0. The van der Waals surface area contributed by atoms with Crippen molar-refractivity contribution in [1.82, 2.24) is 0 Å². The number of carbonyl (C=O) groups excluding carboxylic acids is 1. The highest BCUT2D eigenvalue weighted by Crippen LogP contribution is 2.47.